The van der Waals surface area contributed by atoms with Gasteiger partial charge in [0.15, 0.2) is 0 Å². The van der Waals surface area contributed by atoms with Gasteiger partial charge in [0.05, 0.1) is 28.7 Å². The van der Waals surface area contributed by atoms with E-state index in [0.29, 0.717) is 36.3 Å². The molecule has 1 saturated heterocycles. The maximum Gasteiger partial charge on any atom is 0.418 e. The normalized spacial score (nSPS) is 18.9. The zero-order chi connectivity index (χ0) is 26.3. The van der Waals surface area contributed by atoms with Crippen LogP contribution in [-0.4, -0.2) is 64.2 Å². The number of ether oxygens (including phenoxy) is 1. The highest BCUT2D eigenvalue weighted by molar-refractivity contribution is 5.91. The highest BCUT2D eigenvalue weighted by Gasteiger charge is 2.37. The van der Waals surface area contributed by atoms with Crippen LogP contribution in [0.4, 0.5) is 29.2 Å². The van der Waals surface area contributed by atoms with E-state index >= 15 is 0 Å². The lowest BCUT2D eigenvalue weighted by atomic mass is 10.0. The molecule has 0 radical (unpaired) electrons. The number of nitrogens with two attached hydrogens (primary N) is 1. The van der Waals surface area contributed by atoms with Crippen LogP contribution in [0.5, 0.6) is 6.01 Å². The second-order valence-corrected chi connectivity index (χ2v) is 9.45. The lowest BCUT2D eigenvalue weighted by Crippen LogP contribution is -2.32. The Morgan fingerprint density at radius 3 is 2.68 bits per heavy atom. The summed E-state index contributed by atoms with van der Waals surface area (Å²) in [7, 11) is 2.02. The molecule has 5 heterocycles. The molecule has 5 rings (SSSR count). The van der Waals surface area contributed by atoms with Crippen LogP contribution in [0.1, 0.15) is 30.4 Å². The molecule has 0 aliphatic carbocycles. The lowest BCUT2D eigenvalue weighted by Gasteiger charge is -2.27. The first-order valence-corrected chi connectivity index (χ1v) is 12.0. The summed E-state index contributed by atoms with van der Waals surface area (Å²) in [6.45, 7) is 3.20. The summed E-state index contributed by atoms with van der Waals surface area (Å²) >= 11 is 0. The molecule has 12 heteroatoms. The third kappa shape index (κ3) is 5.15. The van der Waals surface area contributed by atoms with E-state index < -0.39 is 11.7 Å². The van der Waals surface area contributed by atoms with Gasteiger partial charge in [0.25, 0.3) is 0 Å². The zero-order valence-corrected chi connectivity index (χ0v) is 20.5. The van der Waals surface area contributed by atoms with Gasteiger partial charge in [-0.05, 0) is 63.6 Å². The number of aryl methyl sites for hydroxylation is 1. The fraction of sp³-hybridized carbons (Fsp3) is 0.440. The van der Waals surface area contributed by atoms with Crippen molar-refractivity contribution in [3.05, 3.63) is 41.4 Å². The smallest absolute Gasteiger partial charge is 0.418 e. The summed E-state index contributed by atoms with van der Waals surface area (Å²) in [4.78, 5) is 21.2. The van der Waals surface area contributed by atoms with E-state index in [-0.39, 0.29) is 47.2 Å². The van der Waals surface area contributed by atoms with Crippen molar-refractivity contribution in [3.63, 3.8) is 0 Å². The van der Waals surface area contributed by atoms with Crippen molar-refractivity contribution in [2.75, 3.05) is 43.9 Å². The lowest BCUT2D eigenvalue weighted by molar-refractivity contribution is -0.137. The minimum absolute atomic E-state index is 0.0207. The Balaban J connectivity index is 1.61. The number of aromatic nitrogens is 4. The zero-order valence-electron chi connectivity index (χ0n) is 20.5. The molecular formula is C25H27F4N7O. The summed E-state index contributed by atoms with van der Waals surface area (Å²) in [5, 5.41) is 0.470. The van der Waals surface area contributed by atoms with Crippen molar-refractivity contribution in [2.24, 2.45) is 0 Å². The molecular weight excluding hydrogens is 490 g/mol. The number of nitrogens with zero attached hydrogens (tertiary/aromatic N) is 6. The van der Waals surface area contributed by atoms with Crippen LogP contribution in [0, 0.1) is 6.92 Å². The summed E-state index contributed by atoms with van der Waals surface area (Å²) in [6, 6.07) is 2.88. The predicted octanol–water partition coefficient (Wildman–Crippen LogP) is 4.53. The largest absolute Gasteiger partial charge is 0.462 e. The van der Waals surface area contributed by atoms with Gasteiger partial charge >= 0.3 is 12.2 Å². The summed E-state index contributed by atoms with van der Waals surface area (Å²) < 4.78 is 61.9. The number of likely N-dealkylation sites (N-methyl/N-ethyl adjacent to an activating group) is 1. The van der Waals surface area contributed by atoms with E-state index in [1.807, 2.05) is 7.05 Å². The Labute approximate surface area is 211 Å². The number of anilines is 2. The second kappa shape index (κ2) is 9.73. The van der Waals surface area contributed by atoms with Crippen LogP contribution >= 0.6 is 0 Å². The molecule has 196 valence electrons. The fourth-order valence-corrected chi connectivity index (χ4v) is 4.91. The standard InChI is InChI=1S/C25H27F4N7O/c1-14-9-20(30)33-22(21(14)25(27,28)29)19-10-18-17(11-31-19)23(36-8-3-5-15(26)12-36)34-24(32-18)37-13-16-6-4-7-35(16)2/h5,9-11,16H,3-4,6-8,12-13H2,1-2H3,(H2,30,33). The highest BCUT2D eigenvalue weighted by Crippen LogP contribution is 2.39. The van der Waals surface area contributed by atoms with Crippen molar-refractivity contribution in [3.8, 4) is 17.4 Å². The molecule has 3 aromatic heterocycles. The predicted molar refractivity (Wildman–Crippen MR) is 132 cm³/mol. The Kier molecular flexibility index (Phi) is 6.61. The third-order valence-corrected chi connectivity index (χ3v) is 6.79. The van der Waals surface area contributed by atoms with Gasteiger partial charge in [-0.1, -0.05) is 0 Å². The molecule has 37 heavy (non-hydrogen) atoms. The summed E-state index contributed by atoms with van der Waals surface area (Å²) in [5.41, 5.74) is 4.72. The van der Waals surface area contributed by atoms with Crippen molar-refractivity contribution in [1.29, 1.82) is 0 Å². The first-order chi connectivity index (χ1) is 17.6. The molecule has 0 spiro atoms. The van der Waals surface area contributed by atoms with E-state index in [4.69, 9.17) is 10.5 Å². The van der Waals surface area contributed by atoms with E-state index in [1.165, 1.54) is 31.3 Å². The number of fused-ring (bicyclic) bond motifs is 1. The van der Waals surface area contributed by atoms with Gasteiger partial charge in [-0.25, -0.2) is 9.37 Å². The number of pyridine rings is 2. The van der Waals surface area contributed by atoms with Gasteiger partial charge in [0.2, 0.25) is 0 Å². The average Bonchev–Trinajstić information content (AvgIpc) is 3.25. The maximum absolute atomic E-state index is 14.1. The number of rotatable bonds is 5. The van der Waals surface area contributed by atoms with Crippen molar-refractivity contribution in [1.82, 2.24) is 24.8 Å². The van der Waals surface area contributed by atoms with E-state index in [1.54, 1.807) is 4.90 Å². The summed E-state index contributed by atoms with van der Waals surface area (Å²) in [5.74, 6) is 0.0767. The molecule has 0 bridgehead atoms. The first kappa shape index (κ1) is 25.1. The third-order valence-electron chi connectivity index (χ3n) is 6.79. The highest BCUT2D eigenvalue weighted by atomic mass is 19.4. The van der Waals surface area contributed by atoms with E-state index in [0.717, 1.165) is 19.4 Å². The topological polar surface area (TPSA) is 93.3 Å². The number of hydrogen-bond donors (Lipinski definition) is 1. The summed E-state index contributed by atoms with van der Waals surface area (Å²) in [6.07, 6.45) is 0.798. The Bertz CT molecular complexity index is 1360. The SMILES string of the molecule is Cc1cc(N)nc(-c2cc3nc(OCC4CCCN4C)nc(N4CCC=C(F)C4)c3cn2)c1C(F)(F)F. The van der Waals surface area contributed by atoms with Gasteiger partial charge in [-0.15, -0.1) is 0 Å². The minimum atomic E-state index is -4.66. The molecule has 1 fully saturated rings. The monoisotopic (exact) mass is 517 g/mol. The van der Waals surface area contributed by atoms with E-state index in [9.17, 15) is 17.6 Å². The molecule has 0 saturated carbocycles. The molecule has 2 N–H and O–H groups in total. The van der Waals surface area contributed by atoms with Gasteiger partial charge in [0, 0.05) is 18.8 Å². The number of hydrogen-bond acceptors (Lipinski definition) is 8. The fourth-order valence-electron chi connectivity index (χ4n) is 4.91. The molecule has 2 aliphatic rings. The average molecular weight is 518 g/mol. The molecule has 3 aromatic rings. The number of halogens is 4. The van der Waals surface area contributed by atoms with Crippen molar-refractivity contribution < 1.29 is 22.3 Å². The molecule has 1 unspecified atom stereocenters. The van der Waals surface area contributed by atoms with Crippen molar-refractivity contribution in [2.45, 2.75) is 38.4 Å². The molecule has 1 atom stereocenters. The van der Waals surface area contributed by atoms with Crippen LogP contribution in [0.3, 0.4) is 0 Å². The van der Waals surface area contributed by atoms with Crippen LogP contribution < -0.4 is 15.4 Å². The van der Waals surface area contributed by atoms with Crippen LogP contribution in [0.25, 0.3) is 22.3 Å². The van der Waals surface area contributed by atoms with Crippen LogP contribution in [0.15, 0.2) is 30.2 Å². The molecule has 0 amide bonds. The maximum atomic E-state index is 14.1. The Morgan fingerprint density at radius 2 is 1.97 bits per heavy atom. The Hall–Kier alpha value is -3.54. The van der Waals surface area contributed by atoms with Gasteiger partial charge in [-0.3, -0.25) is 4.98 Å². The number of nitrogen functional groups attached to an aromatic ring is 1. The quantitative estimate of drug-likeness (QED) is 0.494. The van der Waals surface area contributed by atoms with Crippen molar-refractivity contribution >= 4 is 22.5 Å². The number of alkyl halides is 3. The van der Waals surface area contributed by atoms with Gasteiger partial charge in [-0.2, -0.15) is 23.1 Å². The number of likely N-dealkylation sites (tertiary alicyclic amines) is 1. The first-order valence-electron chi connectivity index (χ1n) is 12.0. The molecule has 8 nitrogen and oxygen atoms in total. The molecule has 0 aromatic carbocycles. The Morgan fingerprint density at radius 1 is 1.16 bits per heavy atom. The van der Waals surface area contributed by atoms with Crippen LogP contribution in [0.2, 0.25) is 0 Å². The van der Waals surface area contributed by atoms with Crippen LogP contribution in [-0.2, 0) is 6.18 Å². The molecule has 2 aliphatic heterocycles. The minimum Gasteiger partial charge on any atom is -0.462 e. The second-order valence-electron chi connectivity index (χ2n) is 9.45. The van der Waals surface area contributed by atoms with Gasteiger partial charge in [0.1, 0.15) is 29.8 Å². The van der Waals surface area contributed by atoms with Gasteiger partial charge < -0.3 is 20.3 Å². The van der Waals surface area contributed by atoms with E-state index in [2.05, 4.69) is 24.8 Å².